The van der Waals surface area contributed by atoms with Gasteiger partial charge in [0.1, 0.15) is 24.0 Å². The molecule has 9 heteroatoms. The lowest BCUT2D eigenvalue weighted by atomic mass is 10.1. The number of hydrogen-bond donors (Lipinski definition) is 2. The van der Waals surface area contributed by atoms with Crippen molar-refractivity contribution < 1.29 is 19.4 Å². The molecule has 0 radical (unpaired) electrons. The summed E-state index contributed by atoms with van der Waals surface area (Å²) in [6.07, 6.45) is 2.83. The maximum atomic E-state index is 12.2. The van der Waals surface area contributed by atoms with Gasteiger partial charge in [0.25, 0.3) is 5.91 Å². The number of aromatic nitrogens is 3. The van der Waals surface area contributed by atoms with E-state index in [-0.39, 0.29) is 11.3 Å². The van der Waals surface area contributed by atoms with Crippen LogP contribution in [0.15, 0.2) is 49.1 Å². The van der Waals surface area contributed by atoms with Crippen LogP contribution in [0.5, 0.6) is 5.75 Å². The summed E-state index contributed by atoms with van der Waals surface area (Å²) in [5.41, 5.74) is 1.71. The number of ether oxygens (including phenoxy) is 1. The van der Waals surface area contributed by atoms with Gasteiger partial charge in [-0.25, -0.2) is 14.5 Å². The number of halogens is 1. The zero-order valence-corrected chi connectivity index (χ0v) is 15.0. The van der Waals surface area contributed by atoms with Gasteiger partial charge in [-0.05, 0) is 42.8 Å². The first-order chi connectivity index (χ1) is 12.9. The molecule has 0 unspecified atom stereocenters. The standard InChI is InChI=1S/C18H15ClN4O4/c1-11-2-4-13(16(24)6-11)18(26)27-8-17(25)22-14-7-12(19)3-5-15(14)23-10-20-9-21-23/h2-7,9-10,24H,8H2,1H3,(H,22,25). The molecule has 0 aliphatic heterocycles. The number of rotatable bonds is 5. The van der Waals surface area contributed by atoms with E-state index in [2.05, 4.69) is 15.4 Å². The third-order valence-corrected chi connectivity index (χ3v) is 3.84. The minimum Gasteiger partial charge on any atom is -0.507 e. The minimum absolute atomic E-state index is 0.0144. The molecule has 27 heavy (non-hydrogen) atoms. The first kappa shape index (κ1) is 18.4. The van der Waals surface area contributed by atoms with Crippen LogP contribution in [0.1, 0.15) is 15.9 Å². The Morgan fingerprint density at radius 3 is 2.78 bits per heavy atom. The minimum atomic E-state index is -0.801. The average molecular weight is 387 g/mol. The summed E-state index contributed by atoms with van der Waals surface area (Å²) in [7, 11) is 0. The lowest BCUT2D eigenvalue weighted by Gasteiger charge is -2.12. The number of amides is 1. The molecule has 2 aromatic carbocycles. The van der Waals surface area contributed by atoms with E-state index in [9.17, 15) is 14.7 Å². The van der Waals surface area contributed by atoms with E-state index in [1.807, 2.05) is 0 Å². The number of phenols is 1. The van der Waals surface area contributed by atoms with Gasteiger partial charge in [-0.1, -0.05) is 17.7 Å². The Morgan fingerprint density at radius 1 is 1.26 bits per heavy atom. The highest BCUT2D eigenvalue weighted by Gasteiger charge is 2.16. The number of anilines is 1. The van der Waals surface area contributed by atoms with Crippen LogP contribution in [0.25, 0.3) is 5.69 Å². The zero-order chi connectivity index (χ0) is 19.4. The Balaban J connectivity index is 1.68. The van der Waals surface area contributed by atoms with Crippen LogP contribution in [0.4, 0.5) is 5.69 Å². The second-order valence-corrected chi connectivity index (χ2v) is 6.08. The number of nitrogens with zero attached hydrogens (tertiary/aromatic N) is 3. The predicted octanol–water partition coefficient (Wildman–Crippen LogP) is 2.73. The smallest absolute Gasteiger partial charge is 0.342 e. The number of esters is 1. The van der Waals surface area contributed by atoms with E-state index >= 15 is 0 Å². The quantitative estimate of drug-likeness (QED) is 0.653. The van der Waals surface area contributed by atoms with Crippen LogP contribution >= 0.6 is 11.6 Å². The summed E-state index contributed by atoms with van der Waals surface area (Å²) >= 11 is 5.99. The molecular weight excluding hydrogens is 372 g/mol. The Bertz CT molecular complexity index is 989. The van der Waals surface area contributed by atoms with Crippen LogP contribution in [0.2, 0.25) is 5.02 Å². The van der Waals surface area contributed by atoms with Crippen LogP contribution in [-0.2, 0) is 9.53 Å². The van der Waals surface area contributed by atoms with Crippen molar-refractivity contribution >= 4 is 29.2 Å². The van der Waals surface area contributed by atoms with Crippen molar-refractivity contribution in [1.29, 1.82) is 0 Å². The van der Waals surface area contributed by atoms with Gasteiger partial charge >= 0.3 is 5.97 Å². The fourth-order valence-corrected chi connectivity index (χ4v) is 2.52. The van der Waals surface area contributed by atoms with Gasteiger partial charge in [-0.15, -0.1) is 0 Å². The molecule has 1 amide bonds. The van der Waals surface area contributed by atoms with E-state index in [1.165, 1.54) is 29.5 Å². The number of benzene rings is 2. The monoisotopic (exact) mass is 386 g/mol. The van der Waals surface area contributed by atoms with E-state index < -0.39 is 18.5 Å². The lowest BCUT2D eigenvalue weighted by molar-refractivity contribution is -0.119. The van der Waals surface area contributed by atoms with E-state index in [0.717, 1.165) is 5.56 Å². The summed E-state index contributed by atoms with van der Waals surface area (Å²) in [6, 6.07) is 9.39. The van der Waals surface area contributed by atoms with Crippen LogP contribution < -0.4 is 5.32 Å². The molecule has 1 heterocycles. The fraction of sp³-hybridized carbons (Fsp3) is 0.111. The second-order valence-electron chi connectivity index (χ2n) is 5.65. The molecule has 1 aromatic heterocycles. The topological polar surface area (TPSA) is 106 Å². The van der Waals surface area contributed by atoms with Crippen molar-refractivity contribution in [1.82, 2.24) is 14.8 Å². The molecule has 0 fully saturated rings. The number of phenolic OH excluding ortho intramolecular Hbond substituents is 1. The van der Waals surface area contributed by atoms with Gasteiger partial charge in [-0.3, -0.25) is 4.79 Å². The summed E-state index contributed by atoms with van der Waals surface area (Å²) in [5, 5.41) is 16.8. The molecular formula is C18H15ClN4O4. The van der Waals surface area contributed by atoms with Gasteiger partial charge in [-0.2, -0.15) is 5.10 Å². The Morgan fingerprint density at radius 2 is 2.07 bits per heavy atom. The van der Waals surface area contributed by atoms with Crippen molar-refractivity contribution in [3.8, 4) is 11.4 Å². The van der Waals surface area contributed by atoms with Gasteiger partial charge in [0.05, 0.1) is 11.4 Å². The molecule has 0 aliphatic carbocycles. The fourth-order valence-electron chi connectivity index (χ4n) is 2.35. The van der Waals surface area contributed by atoms with Gasteiger partial charge in [0, 0.05) is 5.02 Å². The highest BCUT2D eigenvalue weighted by atomic mass is 35.5. The number of aryl methyl sites for hydroxylation is 1. The number of aromatic hydroxyl groups is 1. The molecule has 0 aliphatic rings. The van der Waals surface area contributed by atoms with E-state index in [1.54, 1.807) is 31.2 Å². The molecule has 0 spiro atoms. The van der Waals surface area contributed by atoms with Crippen molar-refractivity contribution in [3.05, 3.63) is 65.2 Å². The number of nitrogens with one attached hydrogen (secondary N) is 1. The molecule has 0 saturated carbocycles. The number of carbonyl (C=O) groups excluding carboxylic acids is 2. The molecule has 8 nitrogen and oxygen atoms in total. The van der Waals surface area contributed by atoms with Gasteiger partial charge in [0.15, 0.2) is 6.61 Å². The maximum absolute atomic E-state index is 12.2. The summed E-state index contributed by atoms with van der Waals surface area (Å²) in [4.78, 5) is 28.1. The summed E-state index contributed by atoms with van der Waals surface area (Å²) in [5.74, 6) is -1.58. The molecule has 0 atom stereocenters. The first-order valence-corrected chi connectivity index (χ1v) is 8.23. The van der Waals surface area contributed by atoms with Crippen molar-refractivity contribution in [2.24, 2.45) is 0 Å². The Hall–Kier alpha value is -3.39. The van der Waals surface area contributed by atoms with Crippen molar-refractivity contribution in [2.75, 3.05) is 11.9 Å². The molecule has 138 valence electrons. The van der Waals surface area contributed by atoms with Crippen LogP contribution in [-0.4, -0.2) is 38.4 Å². The predicted molar refractivity (Wildman–Crippen MR) is 98.1 cm³/mol. The first-order valence-electron chi connectivity index (χ1n) is 7.85. The van der Waals surface area contributed by atoms with Crippen LogP contribution in [0.3, 0.4) is 0 Å². The maximum Gasteiger partial charge on any atom is 0.342 e. The highest BCUT2D eigenvalue weighted by Crippen LogP contribution is 2.24. The van der Waals surface area contributed by atoms with Gasteiger partial charge in [0.2, 0.25) is 0 Å². The second kappa shape index (κ2) is 7.88. The average Bonchev–Trinajstić information content (AvgIpc) is 3.14. The zero-order valence-electron chi connectivity index (χ0n) is 14.2. The summed E-state index contributed by atoms with van der Waals surface area (Å²) in [6.45, 7) is 1.25. The number of hydrogen-bond acceptors (Lipinski definition) is 6. The normalized spacial score (nSPS) is 10.4. The molecule has 2 N–H and O–H groups in total. The SMILES string of the molecule is Cc1ccc(C(=O)OCC(=O)Nc2cc(Cl)ccc2-n2cncn2)c(O)c1. The number of carbonyl (C=O) groups is 2. The Kier molecular flexibility index (Phi) is 5.37. The third-order valence-electron chi connectivity index (χ3n) is 3.61. The molecule has 0 bridgehead atoms. The Labute approximate surface area is 159 Å². The van der Waals surface area contributed by atoms with Gasteiger partial charge < -0.3 is 15.2 Å². The molecule has 3 rings (SSSR count). The largest absolute Gasteiger partial charge is 0.507 e. The summed E-state index contributed by atoms with van der Waals surface area (Å²) < 4.78 is 6.43. The van der Waals surface area contributed by atoms with Crippen molar-refractivity contribution in [3.63, 3.8) is 0 Å². The third kappa shape index (κ3) is 4.42. The molecule has 3 aromatic rings. The lowest BCUT2D eigenvalue weighted by Crippen LogP contribution is -2.22. The van der Waals surface area contributed by atoms with Crippen molar-refractivity contribution in [2.45, 2.75) is 6.92 Å². The van der Waals surface area contributed by atoms with Crippen LogP contribution in [0, 0.1) is 6.92 Å². The molecule has 0 saturated heterocycles. The highest BCUT2D eigenvalue weighted by molar-refractivity contribution is 6.31. The van der Waals surface area contributed by atoms with E-state index in [0.29, 0.717) is 16.4 Å². The van der Waals surface area contributed by atoms with E-state index in [4.69, 9.17) is 16.3 Å².